The Bertz CT molecular complexity index is 320. The number of carboxylic acids is 1. The molecule has 1 aliphatic heterocycles. The highest BCUT2D eigenvalue weighted by Crippen LogP contribution is 2.43. The second-order valence-electron chi connectivity index (χ2n) is 5.32. The van der Waals surface area contributed by atoms with Gasteiger partial charge in [-0.05, 0) is 37.6 Å². The molecular weight excluding hydrogens is 220 g/mol. The number of hydrogen-bond acceptors (Lipinski definition) is 3. The van der Waals surface area contributed by atoms with Crippen molar-refractivity contribution in [1.82, 2.24) is 4.90 Å². The second-order valence-corrected chi connectivity index (χ2v) is 5.32. The van der Waals surface area contributed by atoms with Gasteiger partial charge in [-0.1, -0.05) is 6.42 Å². The highest BCUT2D eigenvalue weighted by molar-refractivity contribution is 5.84. The average Bonchev–Trinajstić information content (AvgIpc) is 2.72. The van der Waals surface area contributed by atoms with Gasteiger partial charge >= 0.3 is 5.97 Å². The maximum absolute atomic E-state index is 12.1. The van der Waals surface area contributed by atoms with Crippen LogP contribution in [0.15, 0.2) is 0 Å². The Morgan fingerprint density at radius 2 is 2.06 bits per heavy atom. The topological polar surface area (TPSA) is 83.6 Å². The first-order chi connectivity index (χ1) is 8.08. The Kier molecular flexibility index (Phi) is 3.38. The molecule has 2 aliphatic rings. The third-order valence-electron chi connectivity index (χ3n) is 4.23. The molecule has 0 radical (unpaired) electrons. The summed E-state index contributed by atoms with van der Waals surface area (Å²) in [5.41, 5.74) is 5.68. The molecule has 3 N–H and O–H groups in total. The van der Waals surface area contributed by atoms with E-state index in [4.69, 9.17) is 10.8 Å². The second kappa shape index (κ2) is 4.64. The molecule has 0 spiro atoms. The van der Waals surface area contributed by atoms with Crippen LogP contribution in [0.4, 0.5) is 0 Å². The predicted octanol–water partition coefficient (Wildman–Crippen LogP) is 0.581. The van der Waals surface area contributed by atoms with Gasteiger partial charge in [0.25, 0.3) is 0 Å². The zero-order chi connectivity index (χ0) is 12.5. The fraction of sp³-hybridized carbons (Fsp3) is 0.833. The maximum atomic E-state index is 12.1. The molecule has 96 valence electrons. The van der Waals surface area contributed by atoms with Crippen molar-refractivity contribution in [2.75, 3.05) is 13.1 Å². The molecule has 2 fully saturated rings. The first-order valence-electron chi connectivity index (χ1n) is 6.30. The molecule has 1 atom stereocenters. The van der Waals surface area contributed by atoms with Crippen molar-refractivity contribution in [1.29, 1.82) is 0 Å². The van der Waals surface area contributed by atoms with Crippen LogP contribution in [0, 0.1) is 5.41 Å². The van der Waals surface area contributed by atoms with Gasteiger partial charge in [0.1, 0.15) is 6.04 Å². The fourth-order valence-electron chi connectivity index (χ4n) is 2.87. The summed E-state index contributed by atoms with van der Waals surface area (Å²) < 4.78 is 0. The SMILES string of the molecule is NCC1(CC(=O)N2CCC[C@H]2C(=O)O)CCC1. The molecule has 5 heteroatoms. The Morgan fingerprint density at radius 3 is 2.53 bits per heavy atom. The van der Waals surface area contributed by atoms with Crippen LogP contribution in [0.3, 0.4) is 0 Å². The number of likely N-dealkylation sites (tertiary alicyclic amines) is 1. The van der Waals surface area contributed by atoms with Gasteiger partial charge in [-0.2, -0.15) is 0 Å². The van der Waals surface area contributed by atoms with Gasteiger partial charge in [0, 0.05) is 13.0 Å². The molecule has 1 saturated carbocycles. The summed E-state index contributed by atoms with van der Waals surface area (Å²) in [6, 6.07) is -0.614. The van der Waals surface area contributed by atoms with Crippen molar-refractivity contribution in [3.63, 3.8) is 0 Å². The summed E-state index contributed by atoms with van der Waals surface area (Å²) in [6.45, 7) is 1.11. The van der Waals surface area contributed by atoms with E-state index in [2.05, 4.69) is 0 Å². The minimum Gasteiger partial charge on any atom is -0.480 e. The summed E-state index contributed by atoms with van der Waals surface area (Å²) in [5.74, 6) is -0.911. The molecule has 0 aromatic carbocycles. The number of aliphatic carboxylic acids is 1. The van der Waals surface area contributed by atoms with Crippen LogP contribution in [0.5, 0.6) is 0 Å². The number of carbonyl (C=O) groups is 2. The van der Waals surface area contributed by atoms with E-state index in [-0.39, 0.29) is 11.3 Å². The minimum absolute atomic E-state index is 0.0277. The number of carbonyl (C=O) groups excluding carboxylic acids is 1. The monoisotopic (exact) mass is 240 g/mol. The van der Waals surface area contributed by atoms with E-state index in [1.165, 1.54) is 4.90 Å². The van der Waals surface area contributed by atoms with Crippen molar-refractivity contribution in [2.24, 2.45) is 11.1 Å². The summed E-state index contributed by atoms with van der Waals surface area (Å²) in [4.78, 5) is 24.7. The molecule has 0 aromatic rings. The molecule has 1 aliphatic carbocycles. The molecule has 2 rings (SSSR count). The van der Waals surface area contributed by atoms with Crippen LogP contribution in [-0.2, 0) is 9.59 Å². The Morgan fingerprint density at radius 1 is 1.35 bits per heavy atom. The third kappa shape index (κ3) is 2.29. The number of carboxylic acid groups (broad SMARTS) is 1. The van der Waals surface area contributed by atoms with E-state index in [1.54, 1.807) is 0 Å². The lowest BCUT2D eigenvalue weighted by Gasteiger charge is -2.41. The number of hydrogen-bond donors (Lipinski definition) is 2. The van der Waals surface area contributed by atoms with Gasteiger partial charge in [-0.3, -0.25) is 4.79 Å². The molecule has 5 nitrogen and oxygen atoms in total. The smallest absolute Gasteiger partial charge is 0.326 e. The first-order valence-corrected chi connectivity index (χ1v) is 6.30. The van der Waals surface area contributed by atoms with Crippen molar-refractivity contribution < 1.29 is 14.7 Å². The van der Waals surface area contributed by atoms with Crippen molar-refractivity contribution >= 4 is 11.9 Å². The molecule has 17 heavy (non-hydrogen) atoms. The predicted molar refractivity (Wildman–Crippen MR) is 62.3 cm³/mol. The minimum atomic E-state index is -0.883. The van der Waals surface area contributed by atoms with Gasteiger partial charge in [0.05, 0.1) is 0 Å². The highest BCUT2D eigenvalue weighted by atomic mass is 16.4. The van der Waals surface area contributed by atoms with E-state index in [1.807, 2.05) is 0 Å². The summed E-state index contributed by atoms with van der Waals surface area (Å²) in [6.07, 6.45) is 4.93. The zero-order valence-corrected chi connectivity index (χ0v) is 10.0. The zero-order valence-electron chi connectivity index (χ0n) is 10.0. The van der Waals surface area contributed by atoms with Crippen LogP contribution >= 0.6 is 0 Å². The van der Waals surface area contributed by atoms with E-state index >= 15 is 0 Å². The fourth-order valence-corrected chi connectivity index (χ4v) is 2.87. The molecule has 0 bridgehead atoms. The third-order valence-corrected chi connectivity index (χ3v) is 4.23. The molecule has 1 saturated heterocycles. The lowest BCUT2D eigenvalue weighted by Crippen LogP contribution is -2.46. The quantitative estimate of drug-likeness (QED) is 0.753. The largest absolute Gasteiger partial charge is 0.480 e. The van der Waals surface area contributed by atoms with E-state index in [9.17, 15) is 9.59 Å². The highest BCUT2D eigenvalue weighted by Gasteiger charge is 2.41. The molecule has 0 unspecified atom stereocenters. The van der Waals surface area contributed by atoms with Crippen LogP contribution in [-0.4, -0.2) is 41.0 Å². The number of amides is 1. The molecular formula is C12H20N2O3. The Hall–Kier alpha value is -1.10. The van der Waals surface area contributed by atoms with Gasteiger partial charge in [0.15, 0.2) is 0 Å². The van der Waals surface area contributed by atoms with Gasteiger partial charge < -0.3 is 15.7 Å². The summed E-state index contributed by atoms with van der Waals surface area (Å²) in [7, 11) is 0. The molecule has 1 amide bonds. The maximum Gasteiger partial charge on any atom is 0.326 e. The van der Waals surface area contributed by atoms with Gasteiger partial charge in [0.2, 0.25) is 5.91 Å². The first kappa shape index (κ1) is 12.4. The summed E-state index contributed by atoms with van der Waals surface area (Å²) in [5, 5.41) is 9.04. The van der Waals surface area contributed by atoms with E-state index in [0.29, 0.717) is 25.9 Å². The number of nitrogens with two attached hydrogens (primary N) is 1. The van der Waals surface area contributed by atoms with Gasteiger partial charge in [-0.15, -0.1) is 0 Å². The number of nitrogens with zero attached hydrogens (tertiary/aromatic N) is 1. The Labute approximate surface area is 101 Å². The van der Waals surface area contributed by atoms with E-state index in [0.717, 1.165) is 25.7 Å². The lowest BCUT2D eigenvalue weighted by atomic mass is 9.66. The average molecular weight is 240 g/mol. The van der Waals surface area contributed by atoms with E-state index < -0.39 is 12.0 Å². The van der Waals surface area contributed by atoms with Crippen molar-refractivity contribution in [3.05, 3.63) is 0 Å². The van der Waals surface area contributed by atoms with Gasteiger partial charge in [-0.25, -0.2) is 4.79 Å². The standard InChI is InChI=1S/C12H20N2O3/c13-8-12(4-2-5-12)7-10(15)14-6-1-3-9(14)11(16)17/h9H,1-8,13H2,(H,16,17)/t9-/m0/s1. The Balaban J connectivity index is 1.97. The van der Waals surface area contributed by atoms with Crippen LogP contribution < -0.4 is 5.73 Å². The summed E-state index contributed by atoms with van der Waals surface area (Å²) >= 11 is 0. The van der Waals surface area contributed by atoms with Crippen molar-refractivity contribution in [2.45, 2.75) is 44.6 Å². The normalized spacial score (nSPS) is 26.6. The van der Waals surface area contributed by atoms with Crippen molar-refractivity contribution in [3.8, 4) is 0 Å². The van der Waals surface area contributed by atoms with Crippen LogP contribution in [0.1, 0.15) is 38.5 Å². The molecule has 1 heterocycles. The lowest BCUT2D eigenvalue weighted by molar-refractivity contribution is -0.149. The van der Waals surface area contributed by atoms with Crippen LogP contribution in [0.2, 0.25) is 0 Å². The number of rotatable bonds is 4. The molecule has 0 aromatic heterocycles. The van der Waals surface area contributed by atoms with Crippen LogP contribution in [0.25, 0.3) is 0 Å².